The smallest absolute Gasteiger partial charge is 0.196 e. The summed E-state index contributed by atoms with van der Waals surface area (Å²) in [5.41, 5.74) is -0.0833. The highest BCUT2D eigenvalue weighted by molar-refractivity contribution is 7.87. The van der Waals surface area contributed by atoms with Gasteiger partial charge in [0.05, 0.1) is 0 Å². The van der Waals surface area contributed by atoms with Gasteiger partial charge in [0.15, 0.2) is 0 Å². The molecule has 6 rings (SSSR count). The lowest BCUT2D eigenvalue weighted by Gasteiger charge is -2.64. The van der Waals surface area contributed by atoms with Crippen LogP contribution in [0.15, 0.2) is 0 Å². The van der Waals surface area contributed by atoms with E-state index in [1.165, 1.54) is 0 Å². The molecule has 5 heteroatoms. The third kappa shape index (κ3) is 1.11. The molecule has 15 heavy (non-hydrogen) atoms. The van der Waals surface area contributed by atoms with Crippen molar-refractivity contribution in [3.63, 3.8) is 0 Å². The first-order chi connectivity index (χ1) is 6.99. The van der Waals surface area contributed by atoms with Gasteiger partial charge < -0.3 is 0 Å². The summed E-state index contributed by atoms with van der Waals surface area (Å²) in [4.78, 5) is 0. The summed E-state index contributed by atoms with van der Waals surface area (Å²) < 4.78 is 29.4. The van der Waals surface area contributed by atoms with Crippen molar-refractivity contribution in [3.05, 3.63) is 0 Å². The van der Waals surface area contributed by atoms with E-state index in [4.69, 9.17) is 0 Å². The molecule has 6 saturated carbocycles. The van der Waals surface area contributed by atoms with Gasteiger partial charge in [0.2, 0.25) is 0 Å². The zero-order chi connectivity index (χ0) is 10.3. The van der Waals surface area contributed by atoms with Crippen molar-refractivity contribution in [3.8, 4) is 0 Å². The number of nitrogens with one attached hydrogen (secondary N) is 2. The molecule has 4 bridgehead atoms. The van der Waals surface area contributed by atoms with Gasteiger partial charge in [0, 0.05) is 11.1 Å². The number of hydrogen-bond donors (Lipinski definition) is 2. The molecule has 0 saturated heterocycles. The summed E-state index contributed by atoms with van der Waals surface area (Å²) in [5, 5.41) is 0. The molecule has 6 fully saturated rings. The van der Waals surface area contributed by atoms with Crippen molar-refractivity contribution in [2.45, 2.75) is 49.6 Å². The quantitative estimate of drug-likeness (QED) is 0.737. The predicted molar refractivity (Wildman–Crippen MR) is 55.3 cm³/mol. The highest BCUT2D eigenvalue weighted by Gasteiger charge is 2.61. The van der Waals surface area contributed by atoms with Gasteiger partial charge in [-0.05, 0) is 50.4 Å². The zero-order valence-electron chi connectivity index (χ0n) is 8.62. The second kappa shape index (κ2) is 2.26. The van der Waals surface area contributed by atoms with E-state index >= 15 is 0 Å². The second-order valence-corrected chi connectivity index (χ2v) is 7.64. The Balaban J connectivity index is 1.45. The monoisotopic (exact) mass is 228 g/mol. The van der Waals surface area contributed by atoms with E-state index in [2.05, 4.69) is 9.44 Å². The minimum Gasteiger partial charge on any atom is -0.196 e. The number of rotatable bonds is 4. The number of hydrogen-bond acceptors (Lipinski definition) is 2. The van der Waals surface area contributed by atoms with Crippen molar-refractivity contribution in [1.29, 1.82) is 0 Å². The van der Waals surface area contributed by atoms with E-state index in [9.17, 15) is 8.42 Å². The van der Waals surface area contributed by atoms with Gasteiger partial charge in [-0.15, -0.1) is 0 Å². The lowest BCUT2D eigenvalue weighted by molar-refractivity contribution is -0.0416. The zero-order valence-corrected chi connectivity index (χ0v) is 9.44. The maximum atomic E-state index is 11.9. The molecule has 0 heterocycles. The molecular formula is C10H16N2O2S. The standard InChI is InChI=1S/C10H16N2O2S/c13-15(14,11-9-1-7(2-9)3-9)12-10-4-8(5-10)6-10/h7-8,11-12H,1-6H2. The van der Waals surface area contributed by atoms with Crippen molar-refractivity contribution in [2.24, 2.45) is 11.8 Å². The van der Waals surface area contributed by atoms with Crippen LogP contribution in [0.2, 0.25) is 0 Å². The van der Waals surface area contributed by atoms with Crippen LogP contribution < -0.4 is 9.44 Å². The molecule has 6 aliphatic rings. The molecule has 0 aromatic heterocycles. The highest BCUT2D eigenvalue weighted by Crippen LogP contribution is 2.59. The summed E-state index contributed by atoms with van der Waals surface area (Å²) in [5.74, 6) is 1.62. The van der Waals surface area contributed by atoms with E-state index in [0.29, 0.717) is 0 Å². The van der Waals surface area contributed by atoms with Gasteiger partial charge in [-0.25, -0.2) is 0 Å². The van der Waals surface area contributed by atoms with Crippen LogP contribution in [0, 0.1) is 11.8 Å². The lowest BCUT2D eigenvalue weighted by Crippen LogP contribution is -2.74. The molecule has 0 radical (unpaired) electrons. The average Bonchev–Trinajstić information content (AvgIpc) is 1.84. The maximum absolute atomic E-state index is 11.9. The third-order valence-electron chi connectivity index (χ3n) is 4.78. The fourth-order valence-electron chi connectivity index (χ4n) is 3.80. The molecule has 84 valence electrons. The Morgan fingerprint density at radius 3 is 1.33 bits per heavy atom. The van der Waals surface area contributed by atoms with Crippen LogP contribution in [0.25, 0.3) is 0 Å². The summed E-state index contributed by atoms with van der Waals surface area (Å²) in [6.07, 6.45) is 6.35. The summed E-state index contributed by atoms with van der Waals surface area (Å²) in [7, 11) is -3.24. The van der Waals surface area contributed by atoms with Crippen LogP contribution in [0.5, 0.6) is 0 Å². The van der Waals surface area contributed by atoms with Crippen molar-refractivity contribution >= 4 is 10.2 Å². The molecule has 4 nitrogen and oxygen atoms in total. The van der Waals surface area contributed by atoms with Gasteiger partial charge in [0.25, 0.3) is 10.2 Å². The fraction of sp³-hybridized carbons (Fsp3) is 1.00. The van der Waals surface area contributed by atoms with Crippen LogP contribution in [0.3, 0.4) is 0 Å². The van der Waals surface area contributed by atoms with Crippen LogP contribution >= 0.6 is 0 Å². The lowest BCUT2D eigenvalue weighted by atomic mass is 9.50. The van der Waals surface area contributed by atoms with Gasteiger partial charge in [-0.3, -0.25) is 0 Å². The van der Waals surface area contributed by atoms with Crippen LogP contribution in [-0.4, -0.2) is 19.5 Å². The third-order valence-corrected chi connectivity index (χ3v) is 6.18. The van der Waals surface area contributed by atoms with Crippen molar-refractivity contribution in [2.75, 3.05) is 0 Å². The molecular weight excluding hydrogens is 212 g/mol. The summed E-state index contributed by atoms with van der Waals surface area (Å²) in [6.45, 7) is 0. The molecule has 0 aromatic carbocycles. The molecule has 0 spiro atoms. The fourth-order valence-corrected chi connectivity index (χ4v) is 5.49. The van der Waals surface area contributed by atoms with Gasteiger partial charge >= 0.3 is 0 Å². The first-order valence-corrected chi connectivity index (χ1v) is 7.30. The summed E-state index contributed by atoms with van der Waals surface area (Å²) in [6, 6.07) is 0. The normalized spacial score (nSPS) is 54.7. The highest BCUT2D eigenvalue weighted by atomic mass is 32.2. The maximum Gasteiger partial charge on any atom is 0.277 e. The molecule has 2 N–H and O–H groups in total. The topological polar surface area (TPSA) is 58.2 Å². The van der Waals surface area contributed by atoms with Crippen LogP contribution in [0.1, 0.15) is 38.5 Å². The van der Waals surface area contributed by atoms with Gasteiger partial charge in [0.1, 0.15) is 0 Å². The molecule has 0 aromatic rings. The molecule has 0 atom stereocenters. The van der Waals surface area contributed by atoms with E-state index in [-0.39, 0.29) is 11.1 Å². The second-order valence-electron chi connectivity index (χ2n) is 6.23. The van der Waals surface area contributed by atoms with E-state index in [1.807, 2.05) is 0 Å². The predicted octanol–water partition coefficient (Wildman–Crippen LogP) is 0.515. The molecule has 0 amide bonds. The Bertz CT molecular complexity index is 363. The Labute approximate surface area is 90.0 Å². The largest absolute Gasteiger partial charge is 0.277 e. The molecule has 6 aliphatic carbocycles. The van der Waals surface area contributed by atoms with Crippen molar-refractivity contribution in [1.82, 2.24) is 9.44 Å². The Morgan fingerprint density at radius 2 is 1.13 bits per heavy atom. The van der Waals surface area contributed by atoms with Crippen LogP contribution in [-0.2, 0) is 10.2 Å². The minimum absolute atomic E-state index is 0.0416. The van der Waals surface area contributed by atoms with Crippen LogP contribution in [0.4, 0.5) is 0 Å². The Kier molecular flexibility index (Phi) is 1.35. The average molecular weight is 228 g/mol. The SMILES string of the molecule is O=S(=O)(NC12CC(C1)C2)NC12CC(C1)C2. The van der Waals surface area contributed by atoms with Gasteiger partial charge in [-0.1, -0.05) is 0 Å². The summed E-state index contributed by atoms with van der Waals surface area (Å²) >= 11 is 0. The minimum atomic E-state index is -3.24. The molecule has 0 aliphatic heterocycles. The van der Waals surface area contributed by atoms with Gasteiger partial charge in [-0.2, -0.15) is 17.9 Å². The molecule has 0 unspecified atom stereocenters. The Morgan fingerprint density at radius 1 is 0.800 bits per heavy atom. The van der Waals surface area contributed by atoms with Crippen molar-refractivity contribution < 1.29 is 8.42 Å². The van der Waals surface area contributed by atoms with E-state index in [1.54, 1.807) is 0 Å². The van der Waals surface area contributed by atoms with E-state index < -0.39 is 10.2 Å². The Hall–Kier alpha value is -0.130. The first-order valence-electron chi connectivity index (χ1n) is 5.81. The van der Waals surface area contributed by atoms with E-state index in [0.717, 1.165) is 50.4 Å². The first kappa shape index (κ1) is 8.96.